The quantitative estimate of drug-likeness (QED) is 0.0873. The zero-order chi connectivity index (χ0) is 65.0. The molecule has 21 atom stereocenters. The number of nitrogens with zero attached hydrogens (tertiary/aromatic N) is 8. The van der Waals surface area contributed by atoms with Crippen LogP contribution in [0.4, 0.5) is 0 Å². The first-order valence-corrected chi connectivity index (χ1v) is 43.2. The van der Waals surface area contributed by atoms with Gasteiger partial charge in [0.05, 0.1) is 137 Å². The van der Waals surface area contributed by atoms with Crippen LogP contribution in [0.15, 0.2) is 0 Å². The molecule has 7 heterocycles. The van der Waals surface area contributed by atoms with E-state index in [0.717, 1.165) is 0 Å². The van der Waals surface area contributed by atoms with Crippen molar-refractivity contribution in [2.24, 2.45) is 0 Å². The number of morpholine rings is 7. The molecule has 0 bridgehead atoms. The van der Waals surface area contributed by atoms with E-state index in [2.05, 4.69) is 0 Å². The molecule has 85 heavy (non-hydrogen) atoms. The minimum Gasteiger partial charge on any atom is -0.373 e. The maximum Gasteiger partial charge on any atom is 0.269 e. The van der Waals surface area contributed by atoms with Gasteiger partial charge in [-0.2, -0.15) is 0 Å². The second-order valence-corrected chi connectivity index (χ2v) is 41.3. The first kappa shape index (κ1) is 68.6. The summed E-state index contributed by atoms with van der Waals surface area (Å²) >= 11 is 0. The van der Waals surface area contributed by atoms with E-state index < -0.39 is 121 Å². The smallest absolute Gasteiger partial charge is 0.269 e. The van der Waals surface area contributed by atoms with Crippen LogP contribution in [-0.2, 0) is 96.8 Å². The van der Waals surface area contributed by atoms with Crippen LogP contribution in [0.5, 0.6) is 0 Å². The van der Waals surface area contributed by atoms with Gasteiger partial charge in [-0.15, -0.1) is 0 Å². The van der Waals surface area contributed by atoms with Gasteiger partial charge in [0, 0.05) is 138 Å². The van der Waals surface area contributed by atoms with Crippen LogP contribution >= 0.6 is 52.6 Å². The van der Waals surface area contributed by atoms with Crippen molar-refractivity contribution in [2.45, 2.75) is 94.8 Å². The molecule has 0 amide bonds. The van der Waals surface area contributed by atoms with E-state index in [-0.39, 0.29) is 143 Å². The summed E-state index contributed by atoms with van der Waals surface area (Å²) in [6.45, 7) is 17.5. The molecule has 0 N–H and O–H groups in total. The van der Waals surface area contributed by atoms with Crippen LogP contribution in [0, 0.1) is 0 Å². The van der Waals surface area contributed by atoms with Crippen molar-refractivity contribution >= 4 is 52.6 Å². The third-order valence-corrected chi connectivity index (χ3v) is 29.7. The Morgan fingerprint density at radius 3 is 0.882 bits per heavy atom. The Morgan fingerprint density at radius 1 is 0.365 bits per heavy atom. The van der Waals surface area contributed by atoms with Crippen molar-refractivity contribution < 1.29 is 101 Å². The van der Waals surface area contributed by atoms with Crippen molar-refractivity contribution in [1.29, 1.82) is 0 Å². The lowest BCUT2D eigenvalue weighted by molar-refractivity contribution is -0.0889. The van der Waals surface area contributed by atoms with Gasteiger partial charge in [0.2, 0.25) is 0 Å². The fraction of sp³-hybridized carbons (Fsp3) is 1.00. The minimum absolute atomic E-state index is 0.0189. The van der Waals surface area contributed by atoms with Crippen LogP contribution in [0.1, 0.15) is 31.8 Å². The van der Waals surface area contributed by atoms with Crippen LogP contribution in [-0.4, -0.2) is 330 Å². The van der Waals surface area contributed by atoms with Crippen molar-refractivity contribution in [3.8, 4) is 0 Å². The molecule has 7 saturated heterocycles. The third-order valence-electron chi connectivity index (χ3n) is 15.7. The van der Waals surface area contributed by atoms with Crippen LogP contribution in [0.2, 0.25) is 0 Å². The lowest BCUT2D eigenvalue weighted by Crippen LogP contribution is -2.49. The molecule has 0 aromatic heterocycles. The second kappa shape index (κ2) is 31.3. The summed E-state index contributed by atoms with van der Waals surface area (Å²) in [6.07, 6.45) is -5.89. The first-order valence-electron chi connectivity index (χ1n) is 30.8. The number of likely N-dealkylation sites (N-methyl/N-ethyl adjacent to an activating group) is 1. The maximum atomic E-state index is 14.4. The van der Waals surface area contributed by atoms with Gasteiger partial charge in [-0.1, -0.05) is 0 Å². The summed E-state index contributed by atoms with van der Waals surface area (Å²) in [5, 5.41) is 0. The highest BCUT2D eigenvalue weighted by Crippen LogP contribution is 2.55. The van der Waals surface area contributed by atoms with Gasteiger partial charge in [0.1, 0.15) is 0 Å². The zero-order valence-corrected chi connectivity index (χ0v) is 58.5. The van der Waals surface area contributed by atoms with E-state index in [1.54, 1.807) is 42.1 Å². The zero-order valence-electron chi connectivity index (χ0n) is 55.2. The van der Waals surface area contributed by atoms with Crippen molar-refractivity contribution in [2.75, 3.05) is 225 Å². The predicted molar refractivity (Wildman–Crippen MR) is 324 cm³/mol. The van der Waals surface area contributed by atoms with Crippen LogP contribution in [0.25, 0.3) is 0 Å². The molecular formula is C49H101N8O21P7. The molecule has 0 aromatic rings. The maximum absolute atomic E-state index is 14.4. The van der Waals surface area contributed by atoms with E-state index in [1.165, 1.54) is 51.3 Å². The Balaban J connectivity index is 0.844. The molecule has 0 aliphatic carbocycles. The summed E-state index contributed by atoms with van der Waals surface area (Å²) < 4.78 is 218. The molecule has 0 radical (unpaired) electrons. The molecule has 36 heteroatoms. The van der Waals surface area contributed by atoms with Gasteiger partial charge in [0.15, 0.2) is 0 Å². The van der Waals surface area contributed by atoms with Gasteiger partial charge in [-0.05, 0) is 48.8 Å². The highest BCUT2D eigenvalue weighted by molar-refractivity contribution is 7.57. The second-order valence-electron chi connectivity index (χ2n) is 24.0. The van der Waals surface area contributed by atoms with Gasteiger partial charge in [0.25, 0.3) is 52.6 Å². The number of hydrogen-bond donors (Lipinski definition) is 0. The molecule has 7 rings (SSSR count). The normalized spacial score (nSPS) is 39.2. The van der Waals surface area contributed by atoms with Crippen LogP contribution < -0.4 is 0 Å². The molecule has 498 valence electrons. The lowest BCUT2D eigenvalue weighted by atomic mass is 10.2. The number of ether oxygens (including phenoxy) is 7. The Bertz CT molecular complexity index is 2640. The molecule has 7 aliphatic rings. The highest BCUT2D eigenvalue weighted by Gasteiger charge is 2.44. The molecule has 0 spiro atoms. The van der Waals surface area contributed by atoms with Gasteiger partial charge < -0.3 is 69.7 Å². The Kier molecular flexibility index (Phi) is 25.3. The largest absolute Gasteiger partial charge is 0.373 e. The topological polar surface area (TPSA) is 275 Å². The van der Waals surface area contributed by atoms with E-state index in [0.29, 0.717) is 13.1 Å². The lowest BCUT2D eigenvalue weighted by Gasteiger charge is -2.42. The fourth-order valence-corrected chi connectivity index (χ4v) is 20.7. The summed E-state index contributed by atoms with van der Waals surface area (Å²) in [6, 6.07) is 0. The van der Waals surface area contributed by atoms with Gasteiger partial charge in [-0.25, -0.2) is 32.7 Å². The average Bonchev–Trinajstić information content (AvgIpc) is 3.58. The van der Waals surface area contributed by atoms with Crippen LogP contribution in [0.3, 0.4) is 0 Å². The minimum atomic E-state index is -3.52. The summed E-state index contributed by atoms with van der Waals surface area (Å²) in [7, 11) is -18.9. The first-order chi connectivity index (χ1) is 40.8. The molecule has 0 saturated carbocycles. The number of hydrogen-bond acceptors (Lipinski definition) is 22. The Labute approximate surface area is 509 Å². The molecule has 7 fully saturated rings. The average molecular weight is 1360 g/mol. The van der Waals surface area contributed by atoms with E-state index >= 15 is 0 Å². The fourth-order valence-electron chi connectivity index (χ4n) is 10.7. The number of rotatable bonds is 28. The van der Waals surface area contributed by atoms with Crippen molar-refractivity contribution in [1.82, 2.24) is 37.6 Å². The SMILES string of the molecule is [3H][C@@H]1CN(P(C)(=O)OC[C@@H]2CN(C)C[C@H]([3H])O2)C[C@@H](COP(C)(=O)N2C[C@@H](COP(C)(=O)N3C[C@@H](COP(C)(=O)N4C[C@@H](COP(C)(=O)N5C[C@@H](COP(C)(=O)N6C[C@@H](CO[P@@](C)(=O)N(C)C)O[C@H]([3H])C6)O[C@@H](C)C5)O[C@@H](C)C4)O[C@@H](C)C3)O[C@@H](C)C2)O1. The van der Waals surface area contributed by atoms with Crippen molar-refractivity contribution in [3.05, 3.63) is 0 Å². The summed E-state index contributed by atoms with van der Waals surface area (Å²) in [5.41, 5.74) is 0. The molecule has 6 unspecified atom stereocenters. The molecular weight excluding hydrogens is 1250 g/mol. The highest BCUT2D eigenvalue weighted by atomic mass is 31.2. The summed E-state index contributed by atoms with van der Waals surface area (Å²) in [4.78, 5) is 1.95. The van der Waals surface area contributed by atoms with E-state index in [9.17, 15) is 32.0 Å². The standard InChI is InChI=1S/C49H101N8O21P7/c1-39-21-54(82(11,61)70-34-45-27-52(16-20-67-45)80(9,59)69-32-43-25-51(7)15-18-65-43)29-47(76-39)36-72-84(13,63)56-23-41(3)78-49(31-56)38-74-85(14,64)57-24-42(4)77-48(30-57)37-73-83(12,62)55-22-40(2)75-46(28-55)35-71-81(10,60)53-17-19-66-44(26-53)33-68-79(8,58)50(5)6/h39-49H,15-38H2,1-14H3/t39-,40-,41-,42-,43-,44-,45-,46-,47-,48-,49-,79+,80?,81?,82?,83?,84?,85?/m0/s1/i18T,19T,20T/t18-,19+,20+,39-,40-,41-,42-,43-,44-,45-,46-,47-,48-,49-,79+,80?,81?,82?,83?,84?,85?. The molecule has 7 aliphatic heterocycles. The van der Waals surface area contributed by atoms with E-state index in [1.807, 2.05) is 39.6 Å². The Morgan fingerprint density at radius 2 is 0.600 bits per heavy atom. The van der Waals surface area contributed by atoms with Crippen molar-refractivity contribution in [3.63, 3.8) is 0 Å². The van der Waals surface area contributed by atoms with E-state index in [4.69, 9.17) is 68.9 Å². The Hall–Kier alpha value is 0.730. The predicted octanol–water partition coefficient (Wildman–Crippen LogP) is 5.51. The monoisotopic (exact) mass is 1360 g/mol. The molecule has 0 aromatic carbocycles. The third kappa shape index (κ3) is 21.9. The summed E-state index contributed by atoms with van der Waals surface area (Å²) in [5.74, 6) is 0. The van der Waals surface area contributed by atoms with Gasteiger partial charge >= 0.3 is 0 Å². The van der Waals surface area contributed by atoms with Gasteiger partial charge in [-0.3, -0.25) is 32.0 Å². The molecule has 29 nitrogen and oxygen atoms in total.